The van der Waals surface area contributed by atoms with Gasteiger partial charge in [0.25, 0.3) is 5.91 Å². The zero-order valence-electron chi connectivity index (χ0n) is 13.2. The van der Waals surface area contributed by atoms with Crippen LogP contribution in [0.3, 0.4) is 0 Å². The largest absolute Gasteiger partial charge is 0.342 e. The number of amides is 1. The highest BCUT2D eigenvalue weighted by Gasteiger charge is 2.17. The van der Waals surface area contributed by atoms with Gasteiger partial charge in [-0.15, -0.1) is 16.4 Å². The zero-order chi connectivity index (χ0) is 16.9. The molecule has 0 saturated heterocycles. The molecule has 1 aromatic carbocycles. The van der Waals surface area contributed by atoms with Gasteiger partial charge in [0.05, 0.1) is 22.9 Å². The number of nitrogens with one attached hydrogen (secondary N) is 1. The van der Waals surface area contributed by atoms with Crippen LogP contribution in [0.1, 0.15) is 34.2 Å². The van der Waals surface area contributed by atoms with E-state index in [2.05, 4.69) is 20.6 Å². The maximum absolute atomic E-state index is 12.3. The van der Waals surface area contributed by atoms with Gasteiger partial charge in [-0.05, 0) is 25.6 Å². The molecule has 2 heterocycles. The molecule has 0 fully saturated rings. The third-order valence-corrected chi connectivity index (χ3v) is 4.37. The average molecular weight is 342 g/mol. The molecule has 124 valence electrons. The summed E-state index contributed by atoms with van der Waals surface area (Å²) in [5, 5.41) is 13.7. The summed E-state index contributed by atoms with van der Waals surface area (Å²) in [6.45, 7) is 2.39. The number of nitrogens with two attached hydrogens (primary N) is 1. The van der Waals surface area contributed by atoms with Crippen LogP contribution in [-0.4, -0.2) is 32.4 Å². The van der Waals surface area contributed by atoms with Gasteiger partial charge < -0.3 is 11.1 Å². The first-order valence-electron chi connectivity index (χ1n) is 7.60. The first-order chi connectivity index (χ1) is 11.7. The van der Waals surface area contributed by atoms with Crippen LogP contribution < -0.4 is 11.1 Å². The molecule has 8 heteroatoms. The monoisotopic (exact) mass is 342 g/mol. The fourth-order valence-corrected chi connectivity index (χ4v) is 2.97. The summed E-state index contributed by atoms with van der Waals surface area (Å²) < 4.78 is 1.68. The van der Waals surface area contributed by atoms with Crippen molar-refractivity contribution in [1.29, 1.82) is 0 Å². The SMILES string of the molecule is CC(NC(=O)c1csc(CCN)n1)c1cn(-c2ccccc2)nn1. The molecule has 7 nitrogen and oxygen atoms in total. The highest BCUT2D eigenvalue weighted by atomic mass is 32.1. The molecule has 0 radical (unpaired) electrons. The molecule has 1 amide bonds. The number of nitrogens with zero attached hydrogens (tertiary/aromatic N) is 4. The molecule has 0 bridgehead atoms. The van der Waals surface area contributed by atoms with Crippen molar-refractivity contribution >= 4 is 17.2 Å². The lowest BCUT2D eigenvalue weighted by Crippen LogP contribution is -2.27. The summed E-state index contributed by atoms with van der Waals surface area (Å²) in [7, 11) is 0. The van der Waals surface area contributed by atoms with E-state index in [-0.39, 0.29) is 11.9 Å². The summed E-state index contributed by atoms with van der Waals surface area (Å²) in [6, 6.07) is 9.42. The third kappa shape index (κ3) is 3.66. The molecule has 0 spiro atoms. The Balaban J connectivity index is 1.67. The van der Waals surface area contributed by atoms with Crippen LogP contribution in [0.25, 0.3) is 5.69 Å². The Bertz CT molecular complexity index is 813. The van der Waals surface area contributed by atoms with Crippen molar-refractivity contribution < 1.29 is 4.79 Å². The van der Waals surface area contributed by atoms with E-state index >= 15 is 0 Å². The van der Waals surface area contributed by atoms with Gasteiger partial charge >= 0.3 is 0 Å². The van der Waals surface area contributed by atoms with Crippen LogP contribution in [0.4, 0.5) is 0 Å². The number of rotatable bonds is 6. The van der Waals surface area contributed by atoms with E-state index < -0.39 is 0 Å². The Morgan fingerprint density at radius 3 is 2.92 bits per heavy atom. The number of carbonyl (C=O) groups is 1. The topological polar surface area (TPSA) is 98.7 Å². The number of hydrogen-bond donors (Lipinski definition) is 2. The Kier molecular flexibility index (Phi) is 4.97. The van der Waals surface area contributed by atoms with E-state index in [9.17, 15) is 4.79 Å². The minimum absolute atomic E-state index is 0.226. The van der Waals surface area contributed by atoms with Crippen molar-refractivity contribution in [3.63, 3.8) is 0 Å². The maximum Gasteiger partial charge on any atom is 0.271 e. The highest BCUT2D eigenvalue weighted by molar-refractivity contribution is 7.09. The van der Waals surface area contributed by atoms with Gasteiger partial charge in [0.1, 0.15) is 11.4 Å². The van der Waals surface area contributed by atoms with Gasteiger partial charge in [-0.2, -0.15) is 0 Å². The fraction of sp³-hybridized carbons (Fsp3) is 0.250. The van der Waals surface area contributed by atoms with Gasteiger partial charge in [0, 0.05) is 11.8 Å². The summed E-state index contributed by atoms with van der Waals surface area (Å²) >= 11 is 1.44. The molecule has 0 aliphatic rings. The predicted molar refractivity (Wildman–Crippen MR) is 92.1 cm³/mol. The minimum Gasteiger partial charge on any atom is -0.342 e. The number of benzene rings is 1. The van der Waals surface area contributed by atoms with Crippen LogP contribution in [-0.2, 0) is 6.42 Å². The predicted octanol–water partition coefficient (Wildman–Crippen LogP) is 1.72. The van der Waals surface area contributed by atoms with Crippen LogP contribution >= 0.6 is 11.3 Å². The normalized spacial score (nSPS) is 12.1. The average Bonchev–Trinajstić information content (AvgIpc) is 3.25. The number of aromatic nitrogens is 4. The Hall–Kier alpha value is -2.58. The lowest BCUT2D eigenvalue weighted by atomic mass is 10.2. The standard InChI is InChI=1S/C16H18N6OS/c1-11(18-16(23)14-10-24-15(19-14)7-8-17)13-9-22(21-20-13)12-5-3-2-4-6-12/h2-6,9-11H,7-8,17H2,1H3,(H,18,23). The molecule has 3 N–H and O–H groups in total. The molecule has 1 atom stereocenters. The molecule has 3 aromatic rings. The van der Waals surface area contributed by atoms with Crippen molar-refractivity contribution in [3.8, 4) is 5.69 Å². The lowest BCUT2D eigenvalue weighted by Gasteiger charge is -2.09. The molecule has 3 rings (SSSR count). The van der Waals surface area contributed by atoms with Crippen LogP contribution in [0, 0.1) is 0 Å². The molecule has 0 saturated carbocycles. The van der Waals surface area contributed by atoms with Crippen molar-refractivity contribution in [2.24, 2.45) is 5.73 Å². The second-order valence-electron chi connectivity index (χ2n) is 5.28. The van der Waals surface area contributed by atoms with Crippen molar-refractivity contribution in [3.05, 3.63) is 58.3 Å². The molecule has 0 aliphatic heterocycles. The second-order valence-corrected chi connectivity index (χ2v) is 6.23. The fourth-order valence-electron chi connectivity index (χ4n) is 2.18. The van der Waals surface area contributed by atoms with E-state index in [1.165, 1.54) is 11.3 Å². The third-order valence-electron chi connectivity index (χ3n) is 3.47. The van der Waals surface area contributed by atoms with Crippen molar-refractivity contribution in [2.45, 2.75) is 19.4 Å². The Morgan fingerprint density at radius 2 is 2.17 bits per heavy atom. The molecule has 1 unspecified atom stereocenters. The maximum atomic E-state index is 12.3. The summed E-state index contributed by atoms with van der Waals surface area (Å²) in [5.74, 6) is -0.226. The number of thiazole rings is 1. The van der Waals surface area contributed by atoms with Gasteiger partial charge in [0.2, 0.25) is 0 Å². The summed E-state index contributed by atoms with van der Waals surface area (Å²) in [5.41, 5.74) is 7.51. The Morgan fingerprint density at radius 1 is 1.38 bits per heavy atom. The van der Waals surface area contributed by atoms with E-state index in [0.29, 0.717) is 24.4 Å². The first kappa shape index (κ1) is 16.3. The highest BCUT2D eigenvalue weighted by Crippen LogP contribution is 2.14. The van der Waals surface area contributed by atoms with Gasteiger partial charge in [-0.25, -0.2) is 9.67 Å². The molecular weight excluding hydrogens is 324 g/mol. The van der Waals surface area contributed by atoms with E-state index in [4.69, 9.17) is 5.73 Å². The summed E-state index contributed by atoms with van der Waals surface area (Å²) in [6.07, 6.45) is 2.49. The van der Waals surface area contributed by atoms with Crippen molar-refractivity contribution in [2.75, 3.05) is 6.54 Å². The quantitative estimate of drug-likeness (QED) is 0.710. The van der Waals surface area contributed by atoms with Crippen LogP contribution in [0.5, 0.6) is 0 Å². The van der Waals surface area contributed by atoms with E-state index in [1.807, 2.05) is 37.3 Å². The number of para-hydroxylation sites is 1. The first-order valence-corrected chi connectivity index (χ1v) is 8.48. The van der Waals surface area contributed by atoms with Crippen LogP contribution in [0.15, 0.2) is 41.9 Å². The second kappa shape index (κ2) is 7.33. The van der Waals surface area contributed by atoms with Crippen LogP contribution in [0.2, 0.25) is 0 Å². The van der Waals surface area contributed by atoms with Crippen molar-refractivity contribution in [1.82, 2.24) is 25.3 Å². The van der Waals surface area contributed by atoms with E-state index in [1.54, 1.807) is 16.3 Å². The van der Waals surface area contributed by atoms with Gasteiger partial charge in [-0.3, -0.25) is 4.79 Å². The molecule has 0 aliphatic carbocycles. The van der Waals surface area contributed by atoms with Gasteiger partial charge in [0.15, 0.2) is 0 Å². The molecule has 2 aromatic heterocycles. The number of hydrogen-bond acceptors (Lipinski definition) is 6. The molecule has 24 heavy (non-hydrogen) atoms. The smallest absolute Gasteiger partial charge is 0.271 e. The zero-order valence-corrected chi connectivity index (χ0v) is 14.0. The van der Waals surface area contributed by atoms with Gasteiger partial charge in [-0.1, -0.05) is 23.4 Å². The van der Waals surface area contributed by atoms with E-state index in [0.717, 1.165) is 10.7 Å². The molecular formula is C16H18N6OS. The minimum atomic E-state index is -0.269. The lowest BCUT2D eigenvalue weighted by molar-refractivity contribution is 0.0934. The summed E-state index contributed by atoms with van der Waals surface area (Å²) in [4.78, 5) is 16.6. The Labute approximate surface area is 143 Å². The number of carbonyl (C=O) groups excluding carboxylic acids is 1.